The zero-order valence-corrected chi connectivity index (χ0v) is 10.7. The number of aromatic nitrogens is 1. The molecule has 0 aliphatic heterocycles. The number of pyridine rings is 1. The van der Waals surface area contributed by atoms with Crippen LogP contribution in [-0.4, -0.2) is 19.2 Å². The maximum atomic E-state index is 5.65. The lowest BCUT2D eigenvalue weighted by molar-refractivity contribution is 0.355. The van der Waals surface area contributed by atoms with Gasteiger partial charge in [-0.15, -0.1) is 0 Å². The molecule has 0 aliphatic rings. The number of anilines is 1. The molecule has 0 unspecified atom stereocenters. The molecule has 4 heteroatoms. The quantitative estimate of drug-likeness (QED) is 0.901. The zero-order valence-electron chi connectivity index (χ0n) is 10.7. The Kier molecular flexibility index (Phi) is 3.37. The molecule has 1 aromatic carbocycles. The third-order valence-electron chi connectivity index (χ3n) is 2.83. The predicted octanol–water partition coefficient (Wildman–Crippen LogP) is 2.66. The number of aryl methyl sites for hydroxylation is 1. The highest BCUT2D eigenvalue weighted by molar-refractivity contribution is 5.70. The molecule has 0 radical (unpaired) electrons. The van der Waals surface area contributed by atoms with Gasteiger partial charge in [0, 0.05) is 11.8 Å². The van der Waals surface area contributed by atoms with Crippen molar-refractivity contribution in [3.8, 4) is 22.6 Å². The van der Waals surface area contributed by atoms with Crippen LogP contribution in [-0.2, 0) is 0 Å². The van der Waals surface area contributed by atoms with Gasteiger partial charge < -0.3 is 15.2 Å². The van der Waals surface area contributed by atoms with E-state index in [2.05, 4.69) is 4.98 Å². The number of hydrogen-bond donors (Lipinski definition) is 1. The van der Waals surface area contributed by atoms with Gasteiger partial charge in [-0.25, -0.2) is 4.98 Å². The molecule has 1 aromatic heterocycles. The van der Waals surface area contributed by atoms with Gasteiger partial charge in [-0.05, 0) is 36.2 Å². The normalized spacial score (nSPS) is 10.2. The minimum Gasteiger partial charge on any atom is -0.493 e. The summed E-state index contributed by atoms with van der Waals surface area (Å²) in [5.41, 5.74) is 8.79. The van der Waals surface area contributed by atoms with E-state index < -0.39 is 0 Å². The predicted molar refractivity (Wildman–Crippen MR) is 71.9 cm³/mol. The molecule has 2 aromatic rings. The second kappa shape index (κ2) is 4.96. The lowest BCUT2D eigenvalue weighted by Crippen LogP contribution is -1.94. The fraction of sp³-hybridized carbons (Fsp3) is 0.214. The molecule has 2 N–H and O–H groups in total. The van der Waals surface area contributed by atoms with Gasteiger partial charge in [0.25, 0.3) is 0 Å². The van der Waals surface area contributed by atoms with Gasteiger partial charge >= 0.3 is 0 Å². The molecule has 0 amide bonds. The first-order valence-electron chi connectivity index (χ1n) is 5.60. The summed E-state index contributed by atoms with van der Waals surface area (Å²) in [5.74, 6) is 1.94. The number of rotatable bonds is 3. The van der Waals surface area contributed by atoms with E-state index in [0.29, 0.717) is 17.3 Å². The number of nitrogens with zero attached hydrogens (tertiary/aromatic N) is 1. The van der Waals surface area contributed by atoms with E-state index in [4.69, 9.17) is 15.2 Å². The molecule has 18 heavy (non-hydrogen) atoms. The van der Waals surface area contributed by atoms with Gasteiger partial charge in [0.1, 0.15) is 5.82 Å². The van der Waals surface area contributed by atoms with Crippen LogP contribution in [0, 0.1) is 6.92 Å². The van der Waals surface area contributed by atoms with Gasteiger partial charge in [-0.1, -0.05) is 6.07 Å². The summed E-state index contributed by atoms with van der Waals surface area (Å²) in [6.07, 6.45) is 1.77. The smallest absolute Gasteiger partial charge is 0.161 e. The molecule has 0 atom stereocenters. The molecule has 0 saturated heterocycles. The van der Waals surface area contributed by atoms with Gasteiger partial charge in [0.2, 0.25) is 0 Å². The van der Waals surface area contributed by atoms with Gasteiger partial charge in [-0.3, -0.25) is 0 Å². The van der Waals surface area contributed by atoms with E-state index in [1.807, 2.05) is 31.2 Å². The Bertz CT molecular complexity index is 568. The van der Waals surface area contributed by atoms with Crippen molar-refractivity contribution in [3.63, 3.8) is 0 Å². The SMILES string of the molecule is COc1ccc(-c2cnc(N)cc2C)cc1OC. The lowest BCUT2D eigenvalue weighted by atomic mass is 10.0. The van der Waals surface area contributed by atoms with Crippen LogP contribution >= 0.6 is 0 Å². The first kappa shape index (κ1) is 12.2. The highest BCUT2D eigenvalue weighted by Gasteiger charge is 2.08. The minimum absolute atomic E-state index is 0.525. The topological polar surface area (TPSA) is 57.4 Å². The monoisotopic (exact) mass is 244 g/mol. The summed E-state index contributed by atoms with van der Waals surface area (Å²) >= 11 is 0. The van der Waals surface area contributed by atoms with E-state index >= 15 is 0 Å². The van der Waals surface area contributed by atoms with Crippen molar-refractivity contribution in [1.82, 2.24) is 4.98 Å². The molecule has 0 aliphatic carbocycles. The summed E-state index contributed by atoms with van der Waals surface area (Å²) in [4.78, 5) is 4.12. The summed E-state index contributed by atoms with van der Waals surface area (Å²) in [7, 11) is 3.24. The van der Waals surface area contributed by atoms with Gasteiger partial charge in [-0.2, -0.15) is 0 Å². The minimum atomic E-state index is 0.525. The third kappa shape index (κ3) is 2.22. The molecule has 0 fully saturated rings. The molecular formula is C14H16N2O2. The van der Waals surface area contributed by atoms with Crippen LogP contribution in [0.3, 0.4) is 0 Å². The summed E-state index contributed by atoms with van der Waals surface area (Å²) in [6.45, 7) is 2.00. The van der Waals surface area contributed by atoms with E-state index in [0.717, 1.165) is 16.7 Å². The van der Waals surface area contributed by atoms with E-state index in [1.54, 1.807) is 20.4 Å². The Morgan fingerprint density at radius 1 is 1.06 bits per heavy atom. The Balaban J connectivity index is 2.51. The molecule has 0 bridgehead atoms. The molecule has 0 saturated carbocycles. The molecule has 0 spiro atoms. The second-order valence-electron chi connectivity index (χ2n) is 3.99. The second-order valence-corrected chi connectivity index (χ2v) is 3.99. The van der Waals surface area contributed by atoms with Gasteiger partial charge in [0.05, 0.1) is 14.2 Å². The summed E-state index contributed by atoms with van der Waals surface area (Å²) in [6, 6.07) is 7.64. The number of nitrogen functional groups attached to an aromatic ring is 1. The highest BCUT2D eigenvalue weighted by atomic mass is 16.5. The standard InChI is InChI=1S/C14H16N2O2/c1-9-6-14(15)16-8-11(9)10-4-5-12(17-2)13(7-10)18-3/h4-8H,1-3H3,(H2,15,16). The molecule has 1 heterocycles. The van der Waals surface area contributed by atoms with Crippen molar-refractivity contribution in [1.29, 1.82) is 0 Å². The number of ether oxygens (including phenoxy) is 2. The molecular weight excluding hydrogens is 228 g/mol. The Hall–Kier alpha value is -2.23. The van der Waals surface area contributed by atoms with E-state index in [1.165, 1.54) is 0 Å². The summed E-state index contributed by atoms with van der Waals surface area (Å²) in [5, 5.41) is 0. The fourth-order valence-electron chi connectivity index (χ4n) is 1.88. The first-order valence-corrected chi connectivity index (χ1v) is 5.60. The number of nitrogens with two attached hydrogens (primary N) is 1. The van der Waals surface area contributed by atoms with Gasteiger partial charge in [0.15, 0.2) is 11.5 Å². The Labute approximate surface area is 106 Å². The first-order chi connectivity index (χ1) is 8.65. The van der Waals surface area contributed by atoms with E-state index in [9.17, 15) is 0 Å². The molecule has 94 valence electrons. The number of methoxy groups -OCH3 is 2. The third-order valence-corrected chi connectivity index (χ3v) is 2.83. The van der Waals surface area contributed by atoms with Crippen molar-refractivity contribution in [2.75, 3.05) is 20.0 Å². The highest BCUT2D eigenvalue weighted by Crippen LogP contribution is 2.33. The van der Waals surface area contributed by atoms with Crippen molar-refractivity contribution in [2.24, 2.45) is 0 Å². The maximum Gasteiger partial charge on any atom is 0.161 e. The number of benzene rings is 1. The van der Waals surface area contributed by atoms with Crippen LogP contribution in [0.15, 0.2) is 30.5 Å². The lowest BCUT2D eigenvalue weighted by Gasteiger charge is -2.11. The van der Waals surface area contributed by atoms with Crippen LogP contribution in [0.5, 0.6) is 11.5 Å². The van der Waals surface area contributed by atoms with Crippen LogP contribution in [0.4, 0.5) is 5.82 Å². The summed E-state index contributed by atoms with van der Waals surface area (Å²) < 4.78 is 10.5. The largest absolute Gasteiger partial charge is 0.493 e. The van der Waals surface area contributed by atoms with Crippen LogP contribution in [0.25, 0.3) is 11.1 Å². The van der Waals surface area contributed by atoms with E-state index in [-0.39, 0.29) is 0 Å². The van der Waals surface area contributed by atoms with Crippen molar-refractivity contribution in [3.05, 3.63) is 36.0 Å². The molecule has 4 nitrogen and oxygen atoms in total. The van der Waals surface area contributed by atoms with Crippen molar-refractivity contribution < 1.29 is 9.47 Å². The Morgan fingerprint density at radius 2 is 1.78 bits per heavy atom. The Morgan fingerprint density at radius 3 is 2.39 bits per heavy atom. The zero-order chi connectivity index (χ0) is 13.1. The average Bonchev–Trinajstić information content (AvgIpc) is 2.38. The number of hydrogen-bond acceptors (Lipinski definition) is 4. The fourth-order valence-corrected chi connectivity index (χ4v) is 1.88. The maximum absolute atomic E-state index is 5.65. The average molecular weight is 244 g/mol. The van der Waals surface area contributed by atoms with Crippen LogP contribution in [0.2, 0.25) is 0 Å². The van der Waals surface area contributed by atoms with Crippen LogP contribution in [0.1, 0.15) is 5.56 Å². The van der Waals surface area contributed by atoms with Crippen molar-refractivity contribution >= 4 is 5.82 Å². The van der Waals surface area contributed by atoms with Crippen molar-refractivity contribution in [2.45, 2.75) is 6.92 Å². The molecule has 2 rings (SSSR count). The van der Waals surface area contributed by atoms with Crippen LogP contribution < -0.4 is 15.2 Å².